The summed E-state index contributed by atoms with van der Waals surface area (Å²) in [5.74, 6) is 0. The van der Waals surface area contributed by atoms with E-state index in [2.05, 4.69) is 0 Å². The van der Waals surface area contributed by atoms with Crippen molar-refractivity contribution in [3.8, 4) is 0 Å². The van der Waals surface area contributed by atoms with Crippen LogP contribution in [0.25, 0.3) is 0 Å². The zero-order valence-corrected chi connectivity index (χ0v) is 9.50. The SMILES string of the molecule is Cc1cc(S(=O)(=O)C(C)C)sc1N. The van der Waals surface area contributed by atoms with Gasteiger partial charge in [-0.05, 0) is 32.4 Å². The summed E-state index contributed by atoms with van der Waals surface area (Å²) in [5, 5.41) is 0.198. The van der Waals surface area contributed by atoms with Crippen LogP contribution in [0.15, 0.2) is 10.3 Å². The quantitative estimate of drug-likeness (QED) is 0.825. The third-order valence-corrected chi connectivity index (χ3v) is 5.56. The fraction of sp³-hybridized carbons (Fsp3) is 0.500. The molecule has 74 valence electrons. The van der Waals surface area contributed by atoms with E-state index in [0.29, 0.717) is 9.21 Å². The van der Waals surface area contributed by atoms with E-state index < -0.39 is 9.84 Å². The van der Waals surface area contributed by atoms with Crippen LogP contribution in [0.1, 0.15) is 19.4 Å². The van der Waals surface area contributed by atoms with Gasteiger partial charge in [0.2, 0.25) is 0 Å². The van der Waals surface area contributed by atoms with E-state index in [1.165, 1.54) is 0 Å². The van der Waals surface area contributed by atoms with Crippen LogP contribution in [0.2, 0.25) is 0 Å². The van der Waals surface area contributed by atoms with Crippen LogP contribution in [0.5, 0.6) is 0 Å². The molecule has 2 N–H and O–H groups in total. The minimum absolute atomic E-state index is 0.373. The predicted molar refractivity (Wildman–Crippen MR) is 55.8 cm³/mol. The van der Waals surface area contributed by atoms with Crippen LogP contribution < -0.4 is 5.73 Å². The Bertz CT molecular complexity index is 384. The van der Waals surface area contributed by atoms with Gasteiger partial charge in [-0.2, -0.15) is 0 Å². The Hall–Kier alpha value is -0.550. The predicted octanol–water partition coefficient (Wildman–Crippen LogP) is 1.82. The molecule has 0 aliphatic carbocycles. The second-order valence-electron chi connectivity index (χ2n) is 3.21. The Morgan fingerprint density at radius 2 is 2.00 bits per heavy atom. The van der Waals surface area contributed by atoms with Gasteiger partial charge >= 0.3 is 0 Å². The van der Waals surface area contributed by atoms with Gasteiger partial charge in [-0.25, -0.2) is 8.42 Å². The van der Waals surface area contributed by atoms with Gasteiger partial charge in [-0.15, -0.1) is 11.3 Å². The first kappa shape index (κ1) is 10.5. The highest BCUT2D eigenvalue weighted by Crippen LogP contribution is 2.30. The zero-order chi connectivity index (χ0) is 10.2. The maximum Gasteiger partial charge on any atom is 0.190 e. The monoisotopic (exact) mass is 219 g/mol. The lowest BCUT2D eigenvalue weighted by atomic mass is 10.4. The average Bonchev–Trinajstić information content (AvgIpc) is 2.32. The number of hydrogen-bond acceptors (Lipinski definition) is 4. The Labute approximate surface area is 82.5 Å². The molecule has 0 amide bonds. The van der Waals surface area contributed by atoms with Gasteiger partial charge in [0.15, 0.2) is 9.84 Å². The molecular formula is C8H13NO2S2. The molecule has 13 heavy (non-hydrogen) atoms. The lowest BCUT2D eigenvalue weighted by Crippen LogP contribution is -2.12. The molecule has 0 atom stereocenters. The van der Waals surface area contributed by atoms with Crippen molar-refractivity contribution >= 4 is 26.2 Å². The Morgan fingerprint density at radius 3 is 2.31 bits per heavy atom. The number of nitrogen functional groups attached to an aromatic ring is 1. The maximum absolute atomic E-state index is 11.7. The van der Waals surface area contributed by atoms with Crippen molar-refractivity contribution in [2.75, 3.05) is 5.73 Å². The molecule has 0 bridgehead atoms. The summed E-state index contributed by atoms with van der Waals surface area (Å²) >= 11 is 1.14. The fourth-order valence-corrected chi connectivity index (χ4v) is 3.63. The van der Waals surface area contributed by atoms with E-state index in [-0.39, 0.29) is 5.25 Å². The number of aryl methyl sites for hydroxylation is 1. The Kier molecular flexibility index (Phi) is 2.68. The highest BCUT2D eigenvalue weighted by Gasteiger charge is 2.21. The summed E-state index contributed by atoms with van der Waals surface area (Å²) in [6, 6.07) is 1.63. The number of hydrogen-bond donors (Lipinski definition) is 1. The van der Waals surface area contributed by atoms with E-state index in [9.17, 15) is 8.42 Å². The van der Waals surface area contributed by atoms with Gasteiger partial charge in [0.05, 0.1) is 10.3 Å². The molecule has 1 rings (SSSR count). The third kappa shape index (κ3) is 1.86. The minimum atomic E-state index is -3.14. The topological polar surface area (TPSA) is 60.2 Å². The number of sulfone groups is 1. The van der Waals surface area contributed by atoms with Gasteiger partial charge < -0.3 is 5.73 Å². The van der Waals surface area contributed by atoms with Crippen LogP contribution in [0.3, 0.4) is 0 Å². The smallest absolute Gasteiger partial charge is 0.190 e. The molecule has 0 unspecified atom stereocenters. The van der Waals surface area contributed by atoms with Crippen LogP contribution in [0.4, 0.5) is 5.00 Å². The summed E-state index contributed by atoms with van der Waals surface area (Å²) in [6.45, 7) is 5.15. The van der Waals surface area contributed by atoms with Crippen molar-refractivity contribution in [3.63, 3.8) is 0 Å². The Balaban J connectivity index is 3.24. The van der Waals surface area contributed by atoms with Crippen molar-refractivity contribution in [1.82, 2.24) is 0 Å². The molecule has 0 aliphatic heterocycles. The first-order valence-electron chi connectivity index (χ1n) is 3.95. The Morgan fingerprint density at radius 1 is 1.46 bits per heavy atom. The van der Waals surface area contributed by atoms with E-state index in [0.717, 1.165) is 16.9 Å². The van der Waals surface area contributed by atoms with Gasteiger partial charge in [0.25, 0.3) is 0 Å². The summed E-state index contributed by atoms with van der Waals surface area (Å²) in [6.07, 6.45) is 0. The molecule has 0 spiro atoms. The maximum atomic E-state index is 11.7. The number of nitrogens with two attached hydrogens (primary N) is 1. The van der Waals surface area contributed by atoms with Crippen molar-refractivity contribution in [2.45, 2.75) is 30.2 Å². The molecule has 1 aromatic rings. The van der Waals surface area contributed by atoms with E-state index in [1.54, 1.807) is 19.9 Å². The van der Waals surface area contributed by atoms with Crippen molar-refractivity contribution in [2.24, 2.45) is 0 Å². The average molecular weight is 219 g/mol. The lowest BCUT2D eigenvalue weighted by Gasteiger charge is -2.03. The molecule has 0 fully saturated rings. The standard InChI is InChI=1S/C8H13NO2S2/c1-5(2)13(10,11)7-4-6(3)8(9)12-7/h4-5H,9H2,1-3H3. The summed E-state index contributed by atoms with van der Waals surface area (Å²) in [5.41, 5.74) is 6.43. The minimum Gasteiger partial charge on any atom is -0.390 e. The summed E-state index contributed by atoms with van der Waals surface area (Å²) in [4.78, 5) is 0. The highest BCUT2D eigenvalue weighted by molar-refractivity contribution is 7.94. The first-order valence-corrected chi connectivity index (χ1v) is 6.31. The number of anilines is 1. The van der Waals surface area contributed by atoms with Gasteiger partial charge in [0.1, 0.15) is 4.21 Å². The van der Waals surface area contributed by atoms with Gasteiger partial charge in [-0.1, -0.05) is 0 Å². The number of rotatable bonds is 2. The molecule has 1 heterocycles. The summed E-state index contributed by atoms with van der Waals surface area (Å²) < 4.78 is 23.7. The molecule has 3 nitrogen and oxygen atoms in total. The molecule has 0 saturated carbocycles. The van der Waals surface area contributed by atoms with Crippen molar-refractivity contribution < 1.29 is 8.42 Å². The lowest BCUT2D eigenvalue weighted by molar-refractivity contribution is 0.589. The van der Waals surface area contributed by atoms with Gasteiger partial charge in [0, 0.05) is 0 Å². The van der Waals surface area contributed by atoms with Crippen molar-refractivity contribution in [1.29, 1.82) is 0 Å². The van der Waals surface area contributed by atoms with Crippen molar-refractivity contribution in [3.05, 3.63) is 11.6 Å². The van der Waals surface area contributed by atoms with Crippen LogP contribution in [-0.2, 0) is 9.84 Å². The van der Waals surface area contributed by atoms with Gasteiger partial charge in [-0.3, -0.25) is 0 Å². The largest absolute Gasteiger partial charge is 0.390 e. The van der Waals surface area contributed by atoms with Crippen LogP contribution in [0, 0.1) is 6.92 Å². The van der Waals surface area contributed by atoms with E-state index >= 15 is 0 Å². The van der Waals surface area contributed by atoms with E-state index in [4.69, 9.17) is 5.73 Å². The third-order valence-electron chi connectivity index (χ3n) is 1.83. The molecule has 0 aromatic carbocycles. The second-order valence-corrected chi connectivity index (χ2v) is 7.02. The second kappa shape index (κ2) is 3.31. The number of thiophene rings is 1. The molecule has 1 aromatic heterocycles. The molecule has 0 radical (unpaired) electrons. The normalized spacial score (nSPS) is 12.3. The fourth-order valence-electron chi connectivity index (χ4n) is 0.839. The molecule has 0 aliphatic rings. The zero-order valence-electron chi connectivity index (χ0n) is 7.87. The highest BCUT2D eigenvalue weighted by atomic mass is 32.2. The van der Waals surface area contributed by atoms with E-state index in [1.807, 2.05) is 6.92 Å². The summed E-state index contributed by atoms with van der Waals surface area (Å²) in [7, 11) is -3.14. The van der Waals surface area contributed by atoms with Crippen LogP contribution >= 0.6 is 11.3 Å². The van der Waals surface area contributed by atoms with Crippen LogP contribution in [-0.4, -0.2) is 13.7 Å². The first-order chi connectivity index (χ1) is 5.85. The molecule has 5 heteroatoms. The molecular weight excluding hydrogens is 206 g/mol. The molecule has 0 saturated heterocycles.